The lowest BCUT2D eigenvalue weighted by Gasteiger charge is -2.17. The number of hydrogen-bond acceptors (Lipinski definition) is 2. The van der Waals surface area contributed by atoms with E-state index in [-0.39, 0.29) is 5.56 Å². The van der Waals surface area contributed by atoms with Crippen molar-refractivity contribution in [3.63, 3.8) is 0 Å². The minimum absolute atomic E-state index is 0.0216. The van der Waals surface area contributed by atoms with Crippen molar-refractivity contribution in [2.24, 2.45) is 0 Å². The van der Waals surface area contributed by atoms with Crippen LogP contribution in [0.4, 0.5) is 4.39 Å². The molecule has 4 nitrogen and oxygen atoms in total. The molecule has 4 aromatic rings. The zero-order valence-corrected chi connectivity index (χ0v) is 16.4. The number of nitrogens with one attached hydrogen (secondary N) is 2. The lowest BCUT2D eigenvalue weighted by molar-refractivity contribution is 0.0931. The molecule has 0 spiro atoms. The quantitative estimate of drug-likeness (QED) is 0.504. The van der Waals surface area contributed by atoms with Gasteiger partial charge >= 0.3 is 0 Å². The minimum atomic E-state index is -0.542. The number of carbonyl (C=O) groups excluding carboxylic acids is 1. The summed E-state index contributed by atoms with van der Waals surface area (Å²) < 4.78 is 14.1. The van der Waals surface area contributed by atoms with Gasteiger partial charge in [-0.3, -0.25) is 4.79 Å². The van der Waals surface area contributed by atoms with Crippen LogP contribution >= 0.6 is 0 Å². The molecule has 1 aromatic heterocycles. The van der Waals surface area contributed by atoms with E-state index in [1.165, 1.54) is 17.7 Å². The van der Waals surface area contributed by atoms with E-state index < -0.39 is 17.8 Å². The largest absolute Gasteiger partial charge is 0.342 e. The summed E-state index contributed by atoms with van der Waals surface area (Å²) in [6, 6.07) is 19.5. The number of halogens is 1. The zero-order valence-electron chi connectivity index (χ0n) is 16.4. The fraction of sp³-hybridized carbons (Fsp3) is 0.167. The molecule has 146 valence electrons. The Hall–Kier alpha value is -3.47. The third-order valence-corrected chi connectivity index (χ3v) is 5.15. The van der Waals surface area contributed by atoms with Crippen LogP contribution in [0.1, 0.15) is 38.9 Å². The predicted octanol–water partition coefficient (Wildman–Crippen LogP) is 5.03. The Morgan fingerprint density at radius 2 is 1.72 bits per heavy atom. The van der Waals surface area contributed by atoms with Crippen molar-refractivity contribution in [2.75, 3.05) is 0 Å². The highest BCUT2D eigenvalue weighted by Gasteiger charge is 2.21. The molecule has 1 amide bonds. The summed E-state index contributed by atoms with van der Waals surface area (Å²) in [6.07, 6.45) is 0.540. The van der Waals surface area contributed by atoms with E-state index in [1.807, 2.05) is 43.3 Å². The summed E-state index contributed by atoms with van der Waals surface area (Å²) in [6.45, 7) is 4.10. The molecule has 5 heteroatoms. The van der Waals surface area contributed by atoms with Gasteiger partial charge in [0.2, 0.25) is 0 Å². The van der Waals surface area contributed by atoms with Crippen molar-refractivity contribution in [3.8, 4) is 0 Å². The van der Waals surface area contributed by atoms with Crippen LogP contribution in [-0.4, -0.2) is 15.9 Å². The van der Waals surface area contributed by atoms with Crippen molar-refractivity contribution in [2.45, 2.75) is 26.3 Å². The molecular weight excluding hydrogens is 365 g/mol. The normalized spacial score (nSPS) is 12.1. The van der Waals surface area contributed by atoms with Gasteiger partial charge in [0.05, 0.1) is 22.6 Å². The fourth-order valence-electron chi connectivity index (χ4n) is 3.40. The fourth-order valence-corrected chi connectivity index (χ4v) is 3.40. The number of aromatic nitrogens is 2. The molecule has 0 saturated carbocycles. The van der Waals surface area contributed by atoms with Gasteiger partial charge in [-0.25, -0.2) is 9.37 Å². The number of H-pyrrole nitrogens is 1. The number of carbonyl (C=O) groups is 1. The van der Waals surface area contributed by atoms with Crippen molar-refractivity contribution in [1.82, 2.24) is 15.3 Å². The molecule has 3 aromatic carbocycles. The molecule has 0 fully saturated rings. The Morgan fingerprint density at radius 3 is 2.48 bits per heavy atom. The summed E-state index contributed by atoms with van der Waals surface area (Å²) in [5.41, 5.74) is 5.17. The van der Waals surface area contributed by atoms with Crippen LogP contribution in [0.15, 0.2) is 66.7 Å². The maximum Gasteiger partial charge on any atom is 0.254 e. The van der Waals surface area contributed by atoms with Gasteiger partial charge in [0.1, 0.15) is 11.6 Å². The van der Waals surface area contributed by atoms with E-state index in [1.54, 1.807) is 12.1 Å². The summed E-state index contributed by atoms with van der Waals surface area (Å²) in [5, 5.41) is 2.96. The second-order valence-corrected chi connectivity index (χ2v) is 7.27. The van der Waals surface area contributed by atoms with Gasteiger partial charge in [0.15, 0.2) is 0 Å². The van der Waals surface area contributed by atoms with Crippen LogP contribution in [0.25, 0.3) is 11.0 Å². The molecule has 0 aliphatic heterocycles. The van der Waals surface area contributed by atoms with E-state index in [0.717, 1.165) is 22.2 Å². The van der Waals surface area contributed by atoms with Gasteiger partial charge in [-0.15, -0.1) is 0 Å². The SMILES string of the molecule is Cc1cc2nc(C(Cc3ccccc3)NC(=O)c3ccccc3F)[nH]c2cc1C. The molecule has 1 atom stereocenters. The van der Waals surface area contributed by atoms with Gasteiger partial charge in [-0.05, 0) is 61.2 Å². The highest BCUT2D eigenvalue weighted by atomic mass is 19.1. The predicted molar refractivity (Wildman–Crippen MR) is 112 cm³/mol. The van der Waals surface area contributed by atoms with Crippen LogP contribution in [-0.2, 0) is 6.42 Å². The molecule has 0 saturated heterocycles. The first-order valence-electron chi connectivity index (χ1n) is 9.57. The highest BCUT2D eigenvalue weighted by Crippen LogP contribution is 2.23. The second-order valence-electron chi connectivity index (χ2n) is 7.27. The lowest BCUT2D eigenvalue weighted by Crippen LogP contribution is -2.31. The molecule has 2 N–H and O–H groups in total. The van der Waals surface area contributed by atoms with Gasteiger partial charge in [0, 0.05) is 0 Å². The summed E-state index contributed by atoms with van der Waals surface area (Å²) in [4.78, 5) is 20.8. The monoisotopic (exact) mass is 387 g/mol. The third-order valence-electron chi connectivity index (χ3n) is 5.15. The topological polar surface area (TPSA) is 57.8 Å². The Labute approximate surface area is 168 Å². The van der Waals surface area contributed by atoms with Gasteiger partial charge in [-0.2, -0.15) is 0 Å². The number of rotatable bonds is 5. The van der Waals surface area contributed by atoms with Crippen molar-refractivity contribution < 1.29 is 9.18 Å². The molecule has 0 aliphatic carbocycles. The Balaban J connectivity index is 1.70. The van der Waals surface area contributed by atoms with Gasteiger partial charge < -0.3 is 10.3 Å². The number of nitrogens with zero attached hydrogens (tertiary/aromatic N) is 1. The van der Waals surface area contributed by atoms with Gasteiger partial charge in [-0.1, -0.05) is 42.5 Å². The summed E-state index contributed by atoms with van der Waals surface area (Å²) >= 11 is 0. The van der Waals surface area contributed by atoms with E-state index in [2.05, 4.69) is 23.3 Å². The van der Waals surface area contributed by atoms with Crippen LogP contribution in [0.2, 0.25) is 0 Å². The highest BCUT2D eigenvalue weighted by molar-refractivity contribution is 5.94. The van der Waals surface area contributed by atoms with E-state index >= 15 is 0 Å². The van der Waals surface area contributed by atoms with Crippen LogP contribution in [0, 0.1) is 19.7 Å². The average Bonchev–Trinajstić information content (AvgIpc) is 3.11. The average molecular weight is 387 g/mol. The smallest absolute Gasteiger partial charge is 0.254 e. The molecule has 0 bridgehead atoms. The van der Waals surface area contributed by atoms with Crippen molar-refractivity contribution >= 4 is 16.9 Å². The Kier molecular flexibility index (Phi) is 5.12. The third kappa shape index (κ3) is 4.04. The number of aryl methyl sites for hydroxylation is 2. The molecule has 1 heterocycles. The molecule has 0 aliphatic rings. The first kappa shape index (κ1) is 18.9. The first-order valence-corrected chi connectivity index (χ1v) is 9.57. The van der Waals surface area contributed by atoms with Crippen LogP contribution in [0.5, 0.6) is 0 Å². The Morgan fingerprint density at radius 1 is 1.03 bits per heavy atom. The van der Waals surface area contributed by atoms with E-state index in [0.29, 0.717) is 12.2 Å². The van der Waals surface area contributed by atoms with Crippen LogP contribution < -0.4 is 5.32 Å². The summed E-state index contributed by atoms with van der Waals surface area (Å²) in [7, 11) is 0. The number of benzene rings is 3. The number of imidazole rings is 1. The Bertz CT molecular complexity index is 1130. The molecular formula is C24H22FN3O. The summed E-state index contributed by atoms with van der Waals surface area (Å²) in [5.74, 6) is -0.352. The number of aromatic amines is 1. The maximum absolute atomic E-state index is 14.1. The van der Waals surface area contributed by atoms with Crippen molar-refractivity contribution in [3.05, 3.63) is 101 Å². The molecule has 1 unspecified atom stereocenters. The molecule has 29 heavy (non-hydrogen) atoms. The van der Waals surface area contributed by atoms with Crippen LogP contribution in [0.3, 0.4) is 0 Å². The van der Waals surface area contributed by atoms with Gasteiger partial charge in [0.25, 0.3) is 5.91 Å². The second kappa shape index (κ2) is 7.87. The molecule has 4 rings (SSSR count). The first-order chi connectivity index (χ1) is 14.0. The van der Waals surface area contributed by atoms with E-state index in [9.17, 15) is 9.18 Å². The molecule has 0 radical (unpaired) electrons. The minimum Gasteiger partial charge on any atom is -0.342 e. The van der Waals surface area contributed by atoms with Crippen molar-refractivity contribution in [1.29, 1.82) is 0 Å². The standard InChI is InChI=1S/C24H22FN3O/c1-15-12-20-21(13-16(15)2)27-23(26-20)22(14-17-8-4-3-5-9-17)28-24(29)18-10-6-7-11-19(18)25/h3-13,22H,14H2,1-2H3,(H,26,27)(H,28,29). The van der Waals surface area contributed by atoms with E-state index in [4.69, 9.17) is 4.98 Å². The zero-order chi connectivity index (χ0) is 20.4. The number of hydrogen-bond donors (Lipinski definition) is 2. The number of fused-ring (bicyclic) bond motifs is 1. The maximum atomic E-state index is 14.1. The lowest BCUT2D eigenvalue weighted by atomic mass is 10.0. The number of amides is 1.